The largest absolute Gasteiger partial charge is 0.392 e. The number of rotatable bonds is 6. The van der Waals surface area contributed by atoms with Crippen LogP contribution in [0.4, 0.5) is 8.78 Å². The minimum atomic E-state index is -3.93. The average molecular weight is 604 g/mol. The monoisotopic (exact) mass is 603 g/mol. The summed E-state index contributed by atoms with van der Waals surface area (Å²) in [5.74, 6) is -1.17. The molecule has 0 spiro atoms. The molecule has 1 N–H and O–H groups in total. The lowest BCUT2D eigenvalue weighted by Crippen LogP contribution is -2.10. The number of halogens is 4. The van der Waals surface area contributed by atoms with Gasteiger partial charge in [0.15, 0.2) is 9.84 Å². The van der Waals surface area contributed by atoms with E-state index in [1.165, 1.54) is 29.1 Å². The van der Waals surface area contributed by atoms with Crippen LogP contribution in [0.15, 0.2) is 59.8 Å². The second kappa shape index (κ2) is 10.4. The first-order valence-corrected chi connectivity index (χ1v) is 14.4. The van der Waals surface area contributed by atoms with Crippen LogP contribution in [0.1, 0.15) is 17.1 Å². The lowest BCUT2D eigenvalue weighted by Gasteiger charge is -2.18. The minimum absolute atomic E-state index is 0.0755. The third-order valence-electron chi connectivity index (χ3n) is 6.32. The summed E-state index contributed by atoms with van der Waals surface area (Å²) in [6, 6.07) is 9.81. The second-order valence-corrected chi connectivity index (χ2v) is 12.0. The smallest absolute Gasteiger partial charge is 0.176 e. The molecule has 0 amide bonds. The summed E-state index contributed by atoms with van der Waals surface area (Å²) >= 11 is 12.5. The van der Waals surface area contributed by atoms with E-state index in [2.05, 4.69) is 15.3 Å². The van der Waals surface area contributed by atoms with Gasteiger partial charge in [-0.3, -0.25) is 4.57 Å². The highest BCUT2D eigenvalue weighted by atomic mass is 35.5. The summed E-state index contributed by atoms with van der Waals surface area (Å²) in [6.45, 7) is 2.66. The maximum atomic E-state index is 16.1. The number of nitrogens with zero attached hydrogens (tertiary/aromatic N) is 5. The summed E-state index contributed by atoms with van der Waals surface area (Å²) in [6.07, 6.45) is 4.01. The van der Waals surface area contributed by atoms with E-state index in [4.69, 9.17) is 23.2 Å². The Morgan fingerprint density at radius 1 is 1.00 bits per heavy atom. The van der Waals surface area contributed by atoms with Gasteiger partial charge in [-0.1, -0.05) is 28.4 Å². The lowest BCUT2D eigenvalue weighted by atomic mass is 10.0. The van der Waals surface area contributed by atoms with Crippen molar-refractivity contribution in [2.75, 3.05) is 6.26 Å². The van der Waals surface area contributed by atoms with E-state index in [9.17, 15) is 17.9 Å². The van der Waals surface area contributed by atoms with Crippen molar-refractivity contribution in [3.63, 3.8) is 0 Å². The molecular formula is C27H21Cl2F2N5O3S. The summed E-state index contributed by atoms with van der Waals surface area (Å²) in [5.41, 5.74) is 1.71. The maximum absolute atomic E-state index is 16.1. The van der Waals surface area contributed by atoms with Gasteiger partial charge in [-0.15, -0.1) is 5.10 Å². The van der Waals surface area contributed by atoms with Crippen molar-refractivity contribution in [2.45, 2.75) is 25.3 Å². The van der Waals surface area contributed by atoms with Crippen molar-refractivity contribution in [1.82, 2.24) is 24.5 Å². The van der Waals surface area contributed by atoms with Crippen LogP contribution in [0, 0.1) is 25.5 Å². The average Bonchev–Trinajstić information content (AvgIpc) is 3.48. The van der Waals surface area contributed by atoms with Crippen LogP contribution in [-0.2, 0) is 16.4 Å². The van der Waals surface area contributed by atoms with Crippen LogP contribution in [-0.4, -0.2) is 44.3 Å². The molecule has 2 aromatic heterocycles. The molecule has 8 nitrogen and oxygen atoms in total. The number of hydrogen-bond donors (Lipinski definition) is 1. The van der Waals surface area contributed by atoms with E-state index in [-0.39, 0.29) is 28.1 Å². The quantitative estimate of drug-likeness (QED) is 0.260. The highest BCUT2D eigenvalue weighted by molar-refractivity contribution is 7.90. The van der Waals surface area contributed by atoms with Crippen LogP contribution in [0.3, 0.4) is 0 Å². The van der Waals surface area contributed by atoms with E-state index in [1.54, 1.807) is 42.8 Å². The fourth-order valence-electron chi connectivity index (χ4n) is 4.55. The van der Waals surface area contributed by atoms with Gasteiger partial charge in [0.05, 0.1) is 39.8 Å². The molecule has 0 saturated carbocycles. The van der Waals surface area contributed by atoms with Crippen molar-refractivity contribution >= 4 is 33.0 Å². The Morgan fingerprint density at radius 3 is 2.33 bits per heavy atom. The van der Waals surface area contributed by atoms with Gasteiger partial charge >= 0.3 is 0 Å². The second-order valence-electron chi connectivity index (χ2n) is 9.15. The number of sulfone groups is 1. The molecule has 5 rings (SSSR count). The molecule has 2 heterocycles. The zero-order valence-corrected chi connectivity index (χ0v) is 23.7. The van der Waals surface area contributed by atoms with Crippen LogP contribution in [0.25, 0.3) is 33.8 Å². The summed E-state index contributed by atoms with van der Waals surface area (Å²) in [4.78, 5) is 3.98. The van der Waals surface area contributed by atoms with Crippen LogP contribution in [0.5, 0.6) is 0 Å². The van der Waals surface area contributed by atoms with E-state index >= 15 is 4.39 Å². The molecule has 206 valence electrons. The molecule has 40 heavy (non-hydrogen) atoms. The van der Waals surface area contributed by atoms with Gasteiger partial charge in [-0.05, 0) is 67.4 Å². The van der Waals surface area contributed by atoms with Crippen molar-refractivity contribution < 1.29 is 22.3 Å². The number of aliphatic hydroxyl groups excluding tert-OH is 1. The van der Waals surface area contributed by atoms with E-state index in [0.29, 0.717) is 32.8 Å². The SMILES string of the molecule is Cc1cn(-c2c(F)cc(-c3cc(F)c(CO)c(S(C)(=O)=O)c3)cc2-n2nncc2-c2ccc(Cl)cc2Cl)c(C)n1. The number of aliphatic hydroxyl groups is 1. The van der Waals surface area contributed by atoms with Crippen LogP contribution < -0.4 is 0 Å². The normalized spacial score (nSPS) is 11.8. The molecule has 13 heteroatoms. The molecule has 0 aliphatic heterocycles. The Balaban J connectivity index is 1.83. The number of imidazole rings is 1. The van der Waals surface area contributed by atoms with Crippen LogP contribution >= 0.6 is 23.2 Å². The number of hydrogen-bond acceptors (Lipinski definition) is 6. The van der Waals surface area contributed by atoms with E-state index < -0.39 is 33.0 Å². The highest BCUT2D eigenvalue weighted by Crippen LogP contribution is 2.37. The summed E-state index contributed by atoms with van der Waals surface area (Å²) in [5, 5.41) is 18.5. The molecular weight excluding hydrogens is 583 g/mol. The first-order valence-electron chi connectivity index (χ1n) is 11.8. The molecule has 0 atom stereocenters. The zero-order valence-electron chi connectivity index (χ0n) is 21.3. The predicted octanol–water partition coefficient (Wildman–Crippen LogP) is 5.88. The highest BCUT2D eigenvalue weighted by Gasteiger charge is 2.24. The molecule has 0 aliphatic carbocycles. The van der Waals surface area contributed by atoms with Crippen molar-refractivity contribution in [2.24, 2.45) is 0 Å². The fraction of sp³-hybridized carbons (Fsp3) is 0.148. The molecule has 3 aromatic carbocycles. The van der Waals surface area contributed by atoms with Crippen molar-refractivity contribution in [1.29, 1.82) is 0 Å². The number of aromatic nitrogens is 5. The van der Waals surface area contributed by atoms with Gasteiger partial charge in [0.2, 0.25) is 0 Å². The summed E-state index contributed by atoms with van der Waals surface area (Å²) < 4.78 is 58.8. The molecule has 0 radical (unpaired) electrons. The Morgan fingerprint density at radius 2 is 1.70 bits per heavy atom. The Kier molecular flexibility index (Phi) is 7.26. The van der Waals surface area contributed by atoms with E-state index in [0.717, 1.165) is 12.3 Å². The Labute approximate surface area is 238 Å². The molecule has 0 saturated heterocycles. The Bertz CT molecular complexity index is 1900. The minimum Gasteiger partial charge on any atom is -0.392 e. The van der Waals surface area contributed by atoms with Gasteiger partial charge in [0, 0.05) is 28.6 Å². The molecule has 5 aromatic rings. The fourth-order valence-corrected chi connectivity index (χ4v) is 6.01. The lowest BCUT2D eigenvalue weighted by molar-refractivity contribution is 0.272. The van der Waals surface area contributed by atoms with Gasteiger partial charge in [-0.25, -0.2) is 26.9 Å². The summed E-state index contributed by atoms with van der Waals surface area (Å²) in [7, 11) is -3.93. The Hall–Kier alpha value is -3.64. The van der Waals surface area contributed by atoms with Crippen molar-refractivity contribution in [3.8, 4) is 33.8 Å². The maximum Gasteiger partial charge on any atom is 0.176 e. The van der Waals surface area contributed by atoms with E-state index in [1.807, 2.05) is 0 Å². The standard InChI is InChI=1S/C27H21Cl2F2N5O3S/c1-14-12-35(15(2)33-14)27-23(31)7-16(17-6-22(30)20(13-37)26(9-17)40(3,38)39)8-24(27)36-25(11-32-34-36)19-5-4-18(28)10-21(19)29/h4-12,37H,13H2,1-3H3. The van der Waals surface area contributed by atoms with Gasteiger partial charge in [-0.2, -0.15) is 0 Å². The van der Waals surface area contributed by atoms with Crippen molar-refractivity contribution in [3.05, 3.63) is 93.6 Å². The molecule has 0 fully saturated rings. The molecule has 0 bridgehead atoms. The topological polar surface area (TPSA) is 103 Å². The van der Waals surface area contributed by atoms with Crippen LogP contribution in [0.2, 0.25) is 10.0 Å². The third-order valence-corrected chi connectivity index (χ3v) is 8.03. The van der Waals surface area contributed by atoms with Gasteiger partial charge in [0.1, 0.15) is 23.1 Å². The van der Waals surface area contributed by atoms with Gasteiger partial charge < -0.3 is 5.11 Å². The number of benzene rings is 3. The number of aryl methyl sites for hydroxylation is 2. The first kappa shape index (κ1) is 27.9. The third kappa shape index (κ3) is 5.01. The molecule has 0 aliphatic rings. The van der Waals surface area contributed by atoms with Gasteiger partial charge in [0.25, 0.3) is 0 Å². The molecule has 0 unspecified atom stereocenters. The predicted molar refractivity (Wildman–Crippen MR) is 148 cm³/mol. The zero-order chi connectivity index (χ0) is 28.9. The first-order chi connectivity index (χ1) is 18.9.